The fraction of sp³-hybridized carbons (Fsp3) is 0.353. The highest BCUT2D eigenvalue weighted by Gasteiger charge is 2.35. The third-order valence-electron chi connectivity index (χ3n) is 4.17. The van der Waals surface area contributed by atoms with Crippen molar-refractivity contribution in [3.8, 4) is 11.4 Å². The summed E-state index contributed by atoms with van der Waals surface area (Å²) >= 11 is 0. The topological polar surface area (TPSA) is 84.7 Å². The molecule has 0 bridgehead atoms. The summed E-state index contributed by atoms with van der Waals surface area (Å²) in [5.41, 5.74) is 0.929. The number of benzene rings is 1. The van der Waals surface area contributed by atoms with Crippen molar-refractivity contribution in [3.63, 3.8) is 0 Å². The lowest BCUT2D eigenvalue weighted by molar-refractivity contribution is -0.143. The van der Waals surface area contributed by atoms with E-state index in [1.54, 1.807) is 10.9 Å². The Balaban J connectivity index is 1.94. The summed E-state index contributed by atoms with van der Waals surface area (Å²) in [6.45, 7) is 0.414. The van der Waals surface area contributed by atoms with Gasteiger partial charge < -0.3 is 14.7 Å². The van der Waals surface area contributed by atoms with Crippen LogP contribution in [-0.2, 0) is 4.79 Å². The average Bonchev–Trinajstić information content (AvgIpc) is 3.06. The standard InChI is InChI=1S/C17H19N3O4/c1-24-14-11-20(12-7-3-2-4-8-12)18-15(14)16(21)19-10-6-5-9-13(19)17(22)23/h2-4,7-8,11,13H,5-6,9-10H2,1H3,(H,22,23)/t13-/m1/s1. The quantitative estimate of drug-likeness (QED) is 0.927. The van der Waals surface area contributed by atoms with Gasteiger partial charge in [-0.1, -0.05) is 18.2 Å². The van der Waals surface area contributed by atoms with Gasteiger partial charge >= 0.3 is 5.97 Å². The first kappa shape index (κ1) is 16.0. The van der Waals surface area contributed by atoms with Crippen LogP contribution in [0.25, 0.3) is 5.69 Å². The molecule has 1 N–H and O–H groups in total. The van der Waals surface area contributed by atoms with Gasteiger partial charge in [0.2, 0.25) is 0 Å². The van der Waals surface area contributed by atoms with E-state index < -0.39 is 17.9 Å². The number of hydrogen-bond donors (Lipinski definition) is 1. The summed E-state index contributed by atoms with van der Waals surface area (Å²) in [5, 5.41) is 13.7. The molecule has 1 fully saturated rings. The van der Waals surface area contributed by atoms with E-state index in [2.05, 4.69) is 5.10 Å². The zero-order valence-corrected chi connectivity index (χ0v) is 13.4. The van der Waals surface area contributed by atoms with E-state index in [-0.39, 0.29) is 5.69 Å². The maximum absolute atomic E-state index is 12.8. The maximum atomic E-state index is 12.8. The Morgan fingerprint density at radius 3 is 2.67 bits per heavy atom. The molecule has 7 heteroatoms. The molecule has 0 saturated carbocycles. The van der Waals surface area contributed by atoms with Gasteiger partial charge in [0.15, 0.2) is 11.4 Å². The number of piperidine rings is 1. The first-order valence-corrected chi connectivity index (χ1v) is 7.84. The number of carboxylic acids is 1. The first-order valence-electron chi connectivity index (χ1n) is 7.84. The third kappa shape index (κ3) is 2.97. The minimum atomic E-state index is -0.982. The third-order valence-corrected chi connectivity index (χ3v) is 4.17. The summed E-state index contributed by atoms with van der Waals surface area (Å²) in [5.74, 6) is -1.06. The molecule has 7 nitrogen and oxygen atoms in total. The van der Waals surface area contributed by atoms with E-state index in [1.807, 2.05) is 30.3 Å². The molecule has 2 aromatic rings. The smallest absolute Gasteiger partial charge is 0.326 e. The lowest BCUT2D eigenvalue weighted by Crippen LogP contribution is -2.48. The summed E-state index contributed by atoms with van der Waals surface area (Å²) in [6.07, 6.45) is 3.68. The van der Waals surface area contributed by atoms with Crippen LogP contribution >= 0.6 is 0 Å². The lowest BCUT2D eigenvalue weighted by atomic mass is 10.0. The molecule has 1 aliphatic rings. The van der Waals surface area contributed by atoms with Crippen molar-refractivity contribution in [2.24, 2.45) is 0 Å². The van der Waals surface area contributed by atoms with Crippen LogP contribution in [0.3, 0.4) is 0 Å². The second kappa shape index (κ2) is 6.74. The molecule has 0 radical (unpaired) electrons. The van der Waals surface area contributed by atoms with Crippen molar-refractivity contribution in [1.82, 2.24) is 14.7 Å². The molecule has 0 aliphatic carbocycles. The number of ether oxygens (including phenoxy) is 1. The predicted molar refractivity (Wildman–Crippen MR) is 86.4 cm³/mol. The Bertz CT molecular complexity index is 742. The van der Waals surface area contributed by atoms with Crippen LogP contribution in [-0.4, -0.2) is 51.4 Å². The first-order chi connectivity index (χ1) is 11.6. The molecule has 126 valence electrons. The van der Waals surface area contributed by atoms with Crippen molar-refractivity contribution in [1.29, 1.82) is 0 Å². The zero-order valence-electron chi connectivity index (χ0n) is 13.4. The fourth-order valence-corrected chi connectivity index (χ4v) is 2.94. The van der Waals surface area contributed by atoms with Crippen LogP contribution in [0.5, 0.6) is 5.75 Å². The normalized spacial score (nSPS) is 17.5. The van der Waals surface area contributed by atoms with E-state index in [0.717, 1.165) is 18.5 Å². The summed E-state index contributed by atoms with van der Waals surface area (Å²) in [7, 11) is 1.47. The van der Waals surface area contributed by atoms with E-state index in [4.69, 9.17) is 4.74 Å². The van der Waals surface area contributed by atoms with Gasteiger partial charge in [0.1, 0.15) is 6.04 Å². The highest BCUT2D eigenvalue weighted by atomic mass is 16.5. The highest BCUT2D eigenvalue weighted by molar-refractivity contribution is 5.97. The number of para-hydroxylation sites is 1. The Hall–Kier alpha value is -2.83. The molecule has 24 heavy (non-hydrogen) atoms. The minimum Gasteiger partial charge on any atom is -0.493 e. The van der Waals surface area contributed by atoms with Gasteiger partial charge in [-0.2, -0.15) is 5.10 Å². The molecule has 1 aromatic carbocycles. The molecule has 1 saturated heterocycles. The molecular weight excluding hydrogens is 310 g/mol. The van der Waals surface area contributed by atoms with Crippen molar-refractivity contribution < 1.29 is 19.4 Å². The van der Waals surface area contributed by atoms with Gasteiger partial charge in [0.25, 0.3) is 5.91 Å². The van der Waals surface area contributed by atoms with E-state index in [0.29, 0.717) is 18.7 Å². The number of aliphatic carboxylic acids is 1. The van der Waals surface area contributed by atoms with Crippen LogP contribution in [0.2, 0.25) is 0 Å². The Morgan fingerprint density at radius 1 is 1.25 bits per heavy atom. The van der Waals surface area contributed by atoms with Crippen LogP contribution in [0.15, 0.2) is 36.5 Å². The summed E-state index contributed by atoms with van der Waals surface area (Å²) in [4.78, 5) is 25.7. The zero-order chi connectivity index (χ0) is 17.1. The van der Waals surface area contributed by atoms with Crippen molar-refractivity contribution >= 4 is 11.9 Å². The number of amides is 1. The summed E-state index contributed by atoms with van der Waals surface area (Å²) < 4.78 is 6.84. The Morgan fingerprint density at radius 2 is 2.00 bits per heavy atom. The molecular formula is C17H19N3O4. The highest BCUT2D eigenvalue weighted by Crippen LogP contribution is 2.25. The van der Waals surface area contributed by atoms with Crippen molar-refractivity contribution in [2.75, 3.05) is 13.7 Å². The van der Waals surface area contributed by atoms with Crippen molar-refractivity contribution in [3.05, 3.63) is 42.2 Å². The monoisotopic (exact) mass is 329 g/mol. The SMILES string of the molecule is COc1cn(-c2ccccc2)nc1C(=O)N1CCCC[C@@H]1C(=O)O. The van der Waals surface area contributed by atoms with Crippen LogP contribution in [0.1, 0.15) is 29.8 Å². The number of rotatable bonds is 4. The number of carbonyl (C=O) groups is 2. The van der Waals surface area contributed by atoms with Gasteiger partial charge in [-0.05, 0) is 31.4 Å². The number of likely N-dealkylation sites (tertiary alicyclic amines) is 1. The molecule has 1 amide bonds. The molecule has 3 rings (SSSR count). The number of nitrogens with zero attached hydrogens (tertiary/aromatic N) is 3. The van der Waals surface area contributed by atoms with Gasteiger partial charge in [-0.15, -0.1) is 0 Å². The van der Waals surface area contributed by atoms with E-state index >= 15 is 0 Å². The molecule has 2 heterocycles. The maximum Gasteiger partial charge on any atom is 0.326 e. The molecule has 1 aliphatic heterocycles. The Labute approximate surface area is 139 Å². The second-order valence-corrected chi connectivity index (χ2v) is 5.67. The molecule has 0 unspecified atom stereocenters. The van der Waals surface area contributed by atoms with Gasteiger partial charge in [0.05, 0.1) is 19.0 Å². The molecule has 0 spiro atoms. The summed E-state index contributed by atoms with van der Waals surface area (Å²) in [6, 6.07) is 8.55. The van der Waals surface area contributed by atoms with E-state index in [9.17, 15) is 14.7 Å². The number of methoxy groups -OCH3 is 1. The van der Waals surface area contributed by atoms with Crippen LogP contribution in [0.4, 0.5) is 0 Å². The van der Waals surface area contributed by atoms with Gasteiger partial charge in [-0.25, -0.2) is 9.48 Å². The van der Waals surface area contributed by atoms with Crippen LogP contribution < -0.4 is 4.74 Å². The number of hydrogen-bond acceptors (Lipinski definition) is 4. The van der Waals surface area contributed by atoms with Crippen LogP contribution in [0, 0.1) is 0 Å². The minimum absolute atomic E-state index is 0.134. The molecule has 1 aromatic heterocycles. The van der Waals surface area contributed by atoms with Gasteiger partial charge in [-0.3, -0.25) is 4.79 Å². The lowest BCUT2D eigenvalue weighted by Gasteiger charge is -2.32. The van der Waals surface area contributed by atoms with Crippen molar-refractivity contribution in [2.45, 2.75) is 25.3 Å². The second-order valence-electron chi connectivity index (χ2n) is 5.67. The fourth-order valence-electron chi connectivity index (χ4n) is 2.94. The number of carbonyl (C=O) groups excluding carboxylic acids is 1. The number of carboxylic acid groups (broad SMARTS) is 1. The van der Waals surface area contributed by atoms with Gasteiger partial charge in [0, 0.05) is 6.54 Å². The average molecular weight is 329 g/mol. The largest absolute Gasteiger partial charge is 0.493 e. The predicted octanol–water partition coefficient (Wildman–Crippen LogP) is 1.96. The Kier molecular flexibility index (Phi) is 4.50. The molecule has 1 atom stereocenters. The number of aromatic nitrogens is 2. The van der Waals surface area contributed by atoms with E-state index in [1.165, 1.54) is 12.0 Å².